The summed E-state index contributed by atoms with van der Waals surface area (Å²) in [7, 11) is 0. The minimum atomic E-state index is -1.14. The van der Waals surface area contributed by atoms with E-state index in [9.17, 15) is 8.78 Å². The highest BCUT2D eigenvalue weighted by molar-refractivity contribution is 5.69. The van der Waals surface area contributed by atoms with E-state index in [0.717, 1.165) is 79.8 Å². The lowest BCUT2D eigenvalue weighted by atomic mass is 9.89. The number of piperidine rings is 2. The number of hydrogen-bond donors (Lipinski definition) is 0. The predicted molar refractivity (Wildman–Crippen MR) is 139 cm³/mol. The zero-order valence-electron chi connectivity index (χ0n) is 21.0. The number of alkyl halides is 1. The van der Waals surface area contributed by atoms with Crippen molar-refractivity contribution in [2.45, 2.75) is 64.5 Å². The molecule has 2 saturated heterocycles. The second-order valence-electron chi connectivity index (χ2n) is 10.9. The maximum atomic E-state index is 14.9. The van der Waals surface area contributed by atoms with Crippen LogP contribution in [-0.4, -0.2) is 48.2 Å². The summed E-state index contributed by atoms with van der Waals surface area (Å²) in [6.45, 7) is 12.2. The van der Waals surface area contributed by atoms with Crippen molar-refractivity contribution >= 4 is 5.70 Å². The first-order valence-corrected chi connectivity index (χ1v) is 13.0. The van der Waals surface area contributed by atoms with Crippen molar-refractivity contribution in [3.05, 3.63) is 66.0 Å². The Bertz CT molecular complexity index is 947. The SMILES string of the molecule is C=C(c1ccc(-c2ccc(CCC3CCN(CC(C)(C)F)CC3)c(F)c2)cc1)N1CCCCC1. The molecule has 0 spiro atoms. The topological polar surface area (TPSA) is 6.48 Å². The van der Waals surface area contributed by atoms with E-state index in [-0.39, 0.29) is 5.82 Å². The molecule has 0 unspecified atom stereocenters. The van der Waals surface area contributed by atoms with E-state index in [2.05, 4.69) is 40.6 Å². The maximum absolute atomic E-state index is 14.9. The largest absolute Gasteiger partial charge is 0.372 e. The van der Waals surface area contributed by atoms with Crippen LogP contribution in [0, 0.1) is 11.7 Å². The molecule has 2 aromatic rings. The van der Waals surface area contributed by atoms with Gasteiger partial charge in [-0.2, -0.15) is 0 Å². The zero-order valence-corrected chi connectivity index (χ0v) is 21.0. The molecule has 184 valence electrons. The number of benzene rings is 2. The highest BCUT2D eigenvalue weighted by Gasteiger charge is 2.25. The van der Waals surface area contributed by atoms with Gasteiger partial charge in [0.05, 0.1) is 0 Å². The summed E-state index contributed by atoms with van der Waals surface area (Å²) in [5.74, 6) is 0.481. The summed E-state index contributed by atoms with van der Waals surface area (Å²) in [4.78, 5) is 4.59. The van der Waals surface area contributed by atoms with Gasteiger partial charge in [0.1, 0.15) is 11.5 Å². The van der Waals surface area contributed by atoms with Crippen molar-refractivity contribution in [2.24, 2.45) is 5.92 Å². The lowest BCUT2D eigenvalue weighted by Gasteiger charge is -2.34. The van der Waals surface area contributed by atoms with Crippen LogP contribution < -0.4 is 0 Å². The first-order chi connectivity index (χ1) is 16.3. The van der Waals surface area contributed by atoms with Crippen molar-refractivity contribution in [3.8, 4) is 11.1 Å². The Morgan fingerprint density at radius 1 is 0.941 bits per heavy atom. The molecule has 0 amide bonds. The number of halogens is 2. The van der Waals surface area contributed by atoms with Gasteiger partial charge in [0, 0.05) is 25.3 Å². The second kappa shape index (κ2) is 11.0. The molecule has 2 aromatic carbocycles. The summed E-state index contributed by atoms with van der Waals surface area (Å²) in [6.07, 6.45) is 7.69. The average molecular weight is 467 g/mol. The highest BCUT2D eigenvalue weighted by Crippen LogP contribution is 2.28. The molecular weight excluding hydrogens is 426 g/mol. The lowest BCUT2D eigenvalue weighted by molar-refractivity contribution is 0.0942. The smallest absolute Gasteiger partial charge is 0.127 e. The number of likely N-dealkylation sites (tertiary alicyclic amines) is 2. The number of rotatable bonds is 8. The third kappa shape index (κ3) is 6.69. The van der Waals surface area contributed by atoms with Crippen LogP contribution in [0.25, 0.3) is 16.8 Å². The lowest BCUT2D eigenvalue weighted by Crippen LogP contribution is -2.41. The Labute approximate surface area is 204 Å². The molecule has 2 nitrogen and oxygen atoms in total. The normalized spacial score (nSPS) is 18.3. The minimum absolute atomic E-state index is 0.115. The monoisotopic (exact) mass is 466 g/mol. The molecule has 2 aliphatic rings. The molecule has 0 saturated carbocycles. The Morgan fingerprint density at radius 2 is 1.59 bits per heavy atom. The first kappa shape index (κ1) is 24.9. The fraction of sp³-hybridized carbons (Fsp3) is 0.533. The molecule has 0 bridgehead atoms. The van der Waals surface area contributed by atoms with Crippen molar-refractivity contribution in [3.63, 3.8) is 0 Å². The molecule has 2 aliphatic heterocycles. The molecule has 0 atom stereocenters. The van der Waals surface area contributed by atoms with Gasteiger partial charge in [-0.1, -0.05) is 43.0 Å². The van der Waals surface area contributed by atoms with Crippen LogP contribution in [0.1, 0.15) is 63.5 Å². The van der Waals surface area contributed by atoms with Gasteiger partial charge in [-0.05, 0) is 106 Å². The summed E-state index contributed by atoms with van der Waals surface area (Å²) in [5, 5.41) is 0. The third-order valence-corrected chi connectivity index (χ3v) is 7.47. The van der Waals surface area contributed by atoms with E-state index in [1.54, 1.807) is 19.9 Å². The van der Waals surface area contributed by atoms with Crippen LogP contribution >= 0.6 is 0 Å². The summed E-state index contributed by atoms with van der Waals surface area (Å²) in [5.41, 5.74) is 3.84. The van der Waals surface area contributed by atoms with Crippen LogP contribution in [0.3, 0.4) is 0 Å². The standard InChI is InChI=1S/C30H40F2N2/c1-23(34-17-5-4-6-18-34)25-9-11-26(12-10-25)28-14-13-27(29(31)21-28)8-7-24-15-19-33(20-16-24)22-30(2,3)32/h9-14,21,24H,1,4-8,15-20,22H2,2-3H3. The number of aryl methyl sites for hydroxylation is 1. The summed E-state index contributed by atoms with van der Waals surface area (Å²) in [6, 6.07) is 14.0. The van der Waals surface area contributed by atoms with Gasteiger partial charge in [0.25, 0.3) is 0 Å². The molecule has 4 rings (SSSR count). The van der Waals surface area contributed by atoms with Gasteiger partial charge in [-0.25, -0.2) is 8.78 Å². The van der Waals surface area contributed by atoms with Gasteiger partial charge < -0.3 is 9.80 Å². The molecule has 34 heavy (non-hydrogen) atoms. The van der Waals surface area contributed by atoms with Crippen LogP contribution in [0.5, 0.6) is 0 Å². The summed E-state index contributed by atoms with van der Waals surface area (Å²) < 4.78 is 28.8. The second-order valence-corrected chi connectivity index (χ2v) is 10.9. The van der Waals surface area contributed by atoms with Crippen LogP contribution in [-0.2, 0) is 6.42 Å². The van der Waals surface area contributed by atoms with Crippen molar-refractivity contribution < 1.29 is 8.78 Å². The van der Waals surface area contributed by atoms with E-state index < -0.39 is 5.67 Å². The average Bonchev–Trinajstić information content (AvgIpc) is 2.83. The highest BCUT2D eigenvalue weighted by atomic mass is 19.1. The quantitative estimate of drug-likeness (QED) is 0.401. The molecule has 0 aliphatic carbocycles. The van der Waals surface area contributed by atoms with Crippen molar-refractivity contribution in [1.82, 2.24) is 9.80 Å². The van der Waals surface area contributed by atoms with Crippen LogP contribution in [0.2, 0.25) is 0 Å². The van der Waals surface area contributed by atoms with Gasteiger partial charge in [0.15, 0.2) is 0 Å². The molecule has 0 radical (unpaired) electrons. The van der Waals surface area contributed by atoms with E-state index in [1.165, 1.54) is 19.3 Å². The third-order valence-electron chi connectivity index (χ3n) is 7.47. The van der Waals surface area contributed by atoms with Crippen molar-refractivity contribution in [2.75, 3.05) is 32.7 Å². The zero-order chi connectivity index (χ0) is 24.1. The van der Waals surface area contributed by atoms with Crippen molar-refractivity contribution in [1.29, 1.82) is 0 Å². The minimum Gasteiger partial charge on any atom is -0.372 e. The fourth-order valence-electron chi connectivity index (χ4n) is 5.46. The molecule has 0 aromatic heterocycles. The Balaban J connectivity index is 1.30. The van der Waals surface area contributed by atoms with E-state index in [0.29, 0.717) is 12.5 Å². The van der Waals surface area contributed by atoms with E-state index in [4.69, 9.17) is 0 Å². The fourth-order valence-corrected chi connectivity index (χ4v) is 5.46. The first-order valence-electron chi connectivity index (χ1n) is 13.0. The Hall–Kier alpha value is -2.20. The van der Waals surface area contributed by atoms with Crippen LogP contribution in [0.15, 0.2) is 49.0 Å². The van der Waals surface area contributed by atoms with Crippen LogP contribution in [0.4, 0.5) is 8.78 Å². The Kier molecular flexibility index (Phi) is 8.08. The summed E-state index contributed by atoms with van der Waals surface area (Å²) >= 11 is 0. The molecule has 0 N–H and O–H groups in total. The van der Waals surface area contributed by atoms with Gasteiger partial charge in [0.2, 0.25) is 0 Å². The van der Waals surface area contributed by atoms with E-state index >= 15 is 0 Å². The molecule has 2 heterocycles. The van der Waals surface area contributed by atoms with Gasteiger partial charge in [-0.3, -0.25) is 0 Å². The number of hydrogen-bond acceptors (Lipinski definition) is 2. The van der Waals surface area contributed by atoms with Gasteiger partial charge in [-0.15, -0.1) is 0 Å². The Morgan fingerprint density at radius 3 is 2.21 bits per heavy atom. The molecular formula is C30H40F2N2. The number of nitrogens with zero attached hydrogens (tertiary/aromatic N) is 2. The maximum Gasteiger partial charge on any atom is 0.127 e. The van der Waals surface area contributed by atoms with Gasteiger partial charge >= 0.3 is 0 Å². The predicted octanol–water partition coefficient (Wildman–Crippen LogP) is 7.34. The molecule has 4 heteroatoms. The van der Waals surface area contributed by atoms with E-state index in [1.807, 2.05) is 12.1 Å². The molecule has 2 fully saturated rings.